The maximum atomic E-state index is 12.7. The van der Waals surface area contributed by atoms with Crippen LogP contribution < -0.4 is 4.31 Å². The second-order valence-electron chi connectivity index (χ2n) is 6.10. The minimum Gasteiger partial charge on any atom is -0.304 e. The lowest BCUT2D eigenvalue weighted by Crippen LogP contribution is -2.41. The van der Waals surface area contributed by atoms with Crippen LogP contribution in [0.25, 0.3) is 0 Å². The van der Waals surface area contributed by atoms with E-state index in [2.05, 4.69) is 24.9 Å². The molecule has 2 heterocycles. The Bertz CT molecular complexity index is 682. The zero-order chi connectivity index (χ0) is 15.2. The lowest BCUT2D eigenvalue weighted by atomic mass is 9.97. The summed E-state index contributed by atoms with van der Waals surface area (Å²) in [6, 6.07) is 6.16. The lowest BCUT2D eigenvalue weighted by molar-refractivity contribution is 0.406. The maximum absolute atomic E-state index is 12.7. The van der Waals surface area contributed by atoms with Gasteiger partial charge >= 0.3 is 0 Å². The van der Waals surface area contributed by atoms with Gasteiger partial charge < -0.3 is 4.90 Å². The van der Waals surface area contributed by atoms with Crippen molar-refractivity contribution >= 4 is 15.7 Å². The average Bonchev–Trinajstić information content (AvgIpc) is 2.91. The average molecular weight is 306 g/mol. The summed E-state index contributed by atoms with van der Waals surface area (Å²) in [5, 5.41) is 0. The lowest BCUT2D eigenvalue weighted by Gasteiger charge is -2.26. The molecule has 1 saturated heterocycles. The van der Waals surface area contributed by atoms with Crippen molar-refractivity contribution in [3.05, 3.63) is 41.5 Å². The number of hydrogen-bond acceptors (Lipinski definition) is 3. The van der Waals surface area contributed by atoms with E-state index in [1.165, 1.54) is 11.1 Å². The molecular formula is C16H22N2O2S. The van der Waals surface area contributed by atoms with E-state index in [0.717, 1.165) is 18.8 Å². The number of likely N-dealkylation sites (N-methyl/N-ethyl adjacent to an activating group) is 1. The number of sulfonamides is 1. The number of allylic oxidation sites excluding steroid dienone is 1. The minimum absolute atomic E-state index is 0.0436. The van der Waals surface area contributed by atoms with Crippen molar-refractivity contribution in [1.29, 1.82) is 0 Å². The fourth-order valence-corrected chi connectivity index (χ4v) is 5.21. The molecule has 2 atom stereocenters. The molecule has 1 fully saturated rings. The predicted octanol–water partition coefficient (Wildman–Crippen LogP) is 2.12. The molecule has 0 saturated carbocycles. The molecule has 1 aromatic rings. The van der Waals surface area contributed by atoms with Gasteiger partial charge in [0.05, 0.1) is 17.5 Å². The van der Waals surface area contributed by atoms with E-state index < -0.39 is 10.0 Å². The number of anilines is 1. The Hall–Kier alpha value is -1.33. The number of hydrogen-bond donors (Lipinski definition) is 0. The van der Waals surface area contributed by atoms with Crippen LogP contribution >= 0.6 is 0 Å². The molecule has 21 heavy (non-hydrogen) atoms. The van der Waals surface area contributed by atoms with Crippen molar-refractivity contribution in [1.82, 2.24) is 4.90 Å². The Morgan fingerprint density at radius 1 is 1.33 bits per heavy atom. The maximum Gasteiger partial charge on any atom is 0.239 e. The first-order valence-corrected chi connectivity index (χ1v) is 8.97. The Balaban J connectivity index is 2.08. The molecule has 1 aromatic carbocycles. The largest absolute Gasteiger partial charge is 0.304 e. The summed E-state index contributed by atoms with van der Waals surface area (Å²) in [5.41, 5.74) is 3.26. The highest BCUT2D eigenvalue weighted by Crippen LogP contribution is 2.46. The molecule has 0 N–H and O–H groups in total. The van der Waals surface area contributed by atoms with Gasteiger partial charge in [0.25, 0.3) is 0 Å². The van der Waals surface area contributed by atoms with Gasteiger partial charge in [-0.15, -0.1) is 0 Å². The monoisotopic (exact) mass is 306 g/mol. The van der Waals surface area contributed by atoms with E-state index in [1.807, 2.05) is 19.1 Å². The highest BCUT2D eigenvalue weighted by Gasteiger charge is 2.47. The van der Waals surface area contributed by atoms with Crippen molar-refractivity contribution in [3.63, 3.8) is 0 Å². The molecule has 2 unspecified atom stereocenters. The normalized spacial score (nSPS) is 25.6. The molecule has 4 nitrogen and oxygen atoms in total. The molecule has 0 bridgehead atoms. The van der Waals surface area contributed by atoms with Crippen molar-refractivity contribution < 1.29 is 8.42 Å². The van der Waals surface area contributed by atoms with Crippen LogP contribution in [-0.2, 0) is 10.0 Å². The van der Waals surface area contributed by atoms with E-state index in [1.54, 1.807) is 16.5 Å². The number of aryl methyl sites for hydroxylation is 1. The second-order valence-corrected chi connectivity index (χ2v) is 7.99. The zero-order valence-electron chi connectivity index (χ0n) is 12.8. The predicted molar refractivity (Wildman–Crippen MR) is 86.3 cm³/mol. The van der Waals surface area contributed by atoms with E-state index >= 15 is 0 Å². The van der Waals surface area contributed by atoms with Crippen LogP contribution in [0.4, 0.5) is 5.69 Å². The third kappa shape index (κ3) is 2.38. The van der Waals surface area contributed by atoms with Gasteiger partial charge in [-0.3, -0.25) is 4.31 Å². The molecule has 5 heteroatoms. The van der Waals surface area contributed by atoms with E-state index in [4.69, 9.17) is 0 Å². The fourth-order valence-electron chi connectivity index (χ4n) is 3.53. The Morgan fingerprint density at radius 3 is 2.81 bits per heavy atom. The summed E-state index contributed by atoms with van der Waals surface area (Å²) in [6.45, 7) is 5.64. The molecule has 0 amide bonds. The first-order valence-electron chi connectivity index (χ1n) is 7.36. The van der Waals surface area contributed by atoms with Gasteiger partial charge in [0.15, 0.2) is 0 Å². The molecule has 0 aromatic heterocycles. The summed E-state index contributed by atoms with van der Waals surface area (Å²) in [7, 11) is -1.25. The van der Waals surface area contributed by atoms with Crippen LogP contribution in [0.5, 0.6) is 0 Å². The molecule has 2 aliphatic heterocycles. The first kappa shape index (κ1) is 14.6. The van der Waals surface area contributed by atoms with Gasteiger partial charge in [-0.05, 0) is 32.5 Å². The second kappa shape index (κ2) is 5.14. The third-order valence-corrected chi connectivity index (χ3v) is 6.12. The zero-order valence-corrected chi connectivity index (χ0v) is 13.6. The standard InChI is InChI=1S/C16H22N2O2S/c1-4-5-8-21(19,20)18-15-7-6-12(2)9-13(15)14-10-17(3)11-16(14)18/h4-7,9,14,16H,8,10-11H2,1-3H3/b5-4-. The molecule has 0 spiro atoms. The third-order valence-electron chi connectivity index (χ3n) is 4.43. The Kier molecular flexibility index (Phi) is 3.58. The van der Waals surface area contributed by atoms with E-state index in [-0.39, 0.29) is 11.8 Å². The Morgan fingerprint density at radius 2 is 2.10 bits per heavy atom. The van der Waals surface area contributed by atoms with Crippen molar-refractivity contribution in [2.24, 2.45) is 0 Å². The van der Waals surface area contributed by atoms with E-state index in [9.17, 15) is 8.42 Å². The number of likely N-dealkylation sites (tertiary alicyclic amines) is 1. The van der Waals surface area contributed by atoms with Gasteiger partial charge in [-0.25, -0.2) is 8.42 Å². The number of fused-ring (bicyclic) bond motifs is 3. The first-order chi connectivity index (χ1) is 9.94. The number of benzene rings is 1. The summed E-state index contributed by atoms with van der Waals surface area (Å²) in [4.78, 5) is 2.22. The van der Waals surface area contributed by atoms with Crippen LogP contribution in [0.2, 0.25) is 0 Å². The quantitative estimate of drug-likeness (QED) is 0.803. The van der Waals surface area contributed by atoms with Crippen molar-refractivity contribution in [2.75, 3.05) is 30.2 Å². The smallest absolute Gasteiger partial charge is 0.239 e. The molecule has 0 aliphatic carbocycles. The van der Waals surface area contributed by atoms with E-state index in [0.29, 0.717) is 5.92 Å². The van der Waals surface area contributed by atoms with Crippen molar-refractivity contribution in [3.8, 4) is 0 Å². The number of rotatable bonds is 3. The van der Waals surface area contributed by atoms with Gasteiger partial charge in [-0.1, -0.05) is 29.8 Å². The van der Waals surface area contributed by atoms with Crippen LogP contribution in [-0.4, -0.2) is 45.2 Å². The van der Waals surface area contributed by atoms with Gasteiger partial charge in [0.2, 0.25) is 10.0 Å². The van der Waals surface area contributed by atoms with Gasteiger partial charge in [-0.2, -0.15) is 0 Å². The van der Waals surface area contributed by atoms with Crippen LogP contribution in [0, 0.1) is 6.92 Å². The molecule has 114 valence electrons. The highest BCUT2D eigenvalue weighted by atomic mass is 32.2. The summed E-state index contributed by atoms with van der Waals surface area (Å²) >= 11 is 0. The van der Waals surface area contributed by atoms with Crippen LogP contribution in [0.15, 0.2) is 30.4 Å². The van der Waals surface area contributed by atoms with Crippen LogP contribution in [0.1, 0.15) is 24.0 Å². The van der Waals surface area contributed by atoms with Crippen molar-refractivity contribution in [2.45, 2.75) is 25.8 Å². The van der Waals surface area contributed by atoms with Crippen LogP contribution in [0.3, 0.4) is 0 Å². The Labute approximate surface area is 127 Å². The summed E-state index contributed by atoms with van der Waals surface area (Å²) < 4.78 is 27.2. The topological polar surface area (TPSA) is 40.6 Å². The molecule has 0 radical (unpaired) electrons. The van der Waals surface area contributed by atoms with Gasteiger partial charge in [0, 0.05) is 19.0 Å². The molecular weight excluding hydrogens is 284 g/mol. The molecule has 2 aliphatic rings. The summed E-state index contributed by atoms with van der Waals surface area (Å²) in [6.07, 6.45) is 3.51. The fraction of sp³-hybridized carbons (Fsp3) is 0.500. The SMILES string of the molecule is C/C=C\CS(=O)(=O)N1c2ccc(C)cc2C2CN(C)CC21. The minimum atomic E-state index is -3.31. The molecule has 3 rings (SSSR count). The number of nitrogens with zero attached hydrogens (tertiary/aromatic N) is 2. The van der Waals surface area contributed by atoms with Gasteiger partial charge in [0.1, 0.15) is 0 Å². The summed E-state index contributed by atoms with van der Waals surface area (Å²) in [5.74, 6) is 0.370. The highest BCUT2D eigenvalue weighted by molar-refractivity contribution is 7.93.